The van der Waals surface area contributed by atoms with Crippen LogP contribution in [-0.2, 0) is 6.61 Å². The second kappa shape index (κ2) is 7.33. The third-order valence-corrected chi connectivity index (χ3v) is 3.78. The van der Waals surface area contributed by atoms with E-state index in [1.165, 1.54) is 12.1 Å². The first kappa shape index (κ1) is 16.3. The number of piperidine rings is 1. The van der Waals surface area contributed by atoms with Crippen LogP contribution < -0.4 is 4.74 Å². The van der Waals surface area contributed by atoms with Gasteiger partial charge in [-0.3, -0.25) is 0 Å². The zero-order valence-corrected chi connectivity index (χ0v) is 13.4. The van der Waals surface area contributed by atoms with Crippen LogP contribution in [0.4, 0.5) is 14.6 Å². The van der Waals surface area contributed by atoms with Crippen LogP contribution in [-0.4, -0.2) is 34.3 Å². The number of halogens is 2. The zero-order valence-electron chi connectivity index (χ0n) is 13.4. The summed E-state index contributed by atoms with van der Waals surface area (Å²) in [5, 5.41) is 0. The van der Waals surface area contributed by atoms with Gasteiger partial charge in [-0.2, -0.15) is 4.98 Å². The summed E-state index contributed by atoms with van der Waals surface area (Å²) in [5.41, 5.74) is 0.641. The molecule has 0 radical (unpaired) electrons. The predicted octanol–water partition coefficient (Wildman–Crippen LogP) is 3.48. The Morgan fingerprint density at radius 3 is 2.96 bits per heavy atom. The highest BCUT2D eigenvalue weighted by atomic mass is 19.1. The summed E-state index contributed by atoms with van der Waals surface area (Å²) in [5.74, 6) is -0.180. The maximum absolute atomic E-state index is 13.9. The molecule has 1 aliphatic heterocycles. The molecule has 1 aliphatic rings. The molecule has 1 aromatic heterocycles. The van der Waals surface area contributed by atoms with Gasteiger partial charge < -0.3 is 9.64 Å². The Kier molecular flexibility index (Phi) is 4.98. The lowest BCUT2D eigenvalue weighted by atomic mass is 10.1. The maximum atomic E-state index is 13.9. The fourth-order valence-electron chi connectivity index (χ4n) is 2.48. The van der Waals surface area contributed by atoms with E-state index in [1.807, 2.05) is 11.9 Å². The quantitative estimate of drug-likeness (QED) is 0.860. The average Bonchev–Trinajstić information content (AvgIpc) is 2.57. The summed E-state index contributed by atoms with van der Waals surface area (Å²) in [6.45, 7) is 0.994. The van der Waals surface area contributed by atoms with Gasteiger partial charge in [-0.05, 0) is 30.5 Å². The second-order valence-corrected chi connectivity index (χ2v) is 5.65. The van der Waals surface area contributed by atoms with Crippen molar-refractivity contribution < 1.29 is 13.5 Å². The molecule has 0 aliphatic carbocycles. The molecule has 5 nitrogen and oxygen atoms in total. The van der Waals surface area contributed by atoms with Crippen molar-refractivity contribution in [2.24, 2.45) is 4.99 Å². The largest absolute Gasteiger partial charge is 0.459 e. The molecule has 0 spiro atoms. The predicted molar refractivity (Wildman–Crippen MR) is 86.3 cm³/mol. The molecule has 1 saturated heterocycles. The van der Waals surface area contributed by atoms with Gasteiger partial charge in [0, 0.05) is 20.0 Å². The van der Waals surface area contributed by atoms with E-state index in [2.05, 4.69) is 15.0 Å². The third-order valence-electron chi connectivity index (χ3n) is 3.78. The van der Waals surface area contributed by atoms with E-state index < -0.39 is 5.82 Å². The van der Waals surface area contributed by atoms with Gasteiger partial charge in [-0.25, -0.2) is 18.8 Å². The van der Waals surface area contributed by atoms with E-state index in [-0.39, 0.29) is 24.3 Å². The molecule has 1 fully saturated rings. The number of hydrogen-bond acceptors (Lipinski definition) is 4. The van der Waals surface area contributed by atoms with Gasteiger partial charge in [0.1, 0.15) is 18.3 Å². The normalized spacial score (nSPS) is 16.5. The van der Waals surface area contributed by atoms with Gasteiger partial charge in [0.15, 0.2) is 11.6 Å². The molecule has 2 heterocycles. The Labute approximate surface area is 139 Å². The molecule has 126 valence electrons. The van der Waals surface area contributed by atoms with E-state index in [0.717, 1.165) is 37.8 Å². The smallest absolute Gasteiger partial charge is 0.318 e. The van der Waals surface area contributed by atoms with Crippen molar-refractivity contribution in [3.63, 3.8) is 0 Å². The molecular formula is C17H18F2N4O. The van der Waals surface area contributed by atoms with E-state index >= 15 is 0 Å². The SMILES string of the molecule is CN1CCCCC1=Nc1nc(OCc2cccc(F)c2)ncc1F. The van der Waals surface area contributed by atoms with Crippen LogP contribution in [0.2, 0.25) is 0 Å². The van der Waals surface area contributed by atoms with Crippen LogP contribution >= 0.6 is 0 Å². The lowest BCUT2D eigenvalue weighted by Gasteiger charge is -2.25. The number of hydrogen-bond donors (Lipinski definition) is 0. The second-order valence-electron chi connectivity index (χ2n) is 5.65. The van der Waals surface area contributed by atoms with Crippen LogP contribution in [0.3, 0.4) is 0 Å². The van der Waals surface area contributed by atoms with E-state index in [1.54, 1.807) is 12.1 Å². The minimum Gasteiger partial charge on any atom is -0.459 e. The van der Waals surface area contributed by atoms with Crippen molar-refractivity contribution in [3.8, 4) is 6.01 Å². The summed E-state index contributed by atoms with van der Waals surface area (Å²) >= 11 is 0. The van der Waals surface area contributed by atoms with Crippen LogP contribution in [0, 0.1) is 11.6 Å². The molecule has 2 aromatic rings. The van der Waals surface area contributed by atoms with Crippen LogP contribution in [0.1, 0.15) is 24.8 Å². The molecule has 0 unspecified atom stereocenters. The first-order chi connectivity index (χ1) is 11.6. The molecule has 0 N–H and O–H groups in total. The van der Waals surface area contributed by atoms with Gasteiger partial charge >= 0.3 is 6.01 Å². The van der Waals surface area contributed by atoms with Crippen molar-refractivity contribution in [2.75, 3.05) is 13.6 Å². The molecule has 0 amide bonds. The minimum absolute atomic E-state index is 0.0125. The summed E-state index contributed by atoms with van der Waals surface area (Å²) in [4.78, 5) is 14.1. The molecule has 24 heavy (non-hydrogen) atoms. The summed E-state index contributed by atoms with van der Waals surface area (Å²) in [6.07, 6.45) is 3.96. The summed E-state index contributed by atoms with van der Waals surface area (Å²) in [6, 6.07) is 6.05. The topological polar surface area (TPSA) is 50.6 Å². The average molecular weight is 332 g/mol. The molecule has 3 rings (SSSR count). The number of likely N-dealkylation sites (tertiary alicyclic amines) is 1. The minimum atomic E-state index is -0.598. The van der Waals surface area contributed by atoms with Crippen LogP contribution in [0.25, 0.3) is 0 Å². The summed E-state index contributed by atoms with van der Waals surface area (Å²) in [7, 11) is 1.93. The monoisotopic (exact) mass is 332 g/mol. The number of ether oxygens (including phenoxy) is 1. The van der Waals surface area contributed by atoms with Crippen LogP contribution in [0.15, 0.2) is 35.5 Å². The van der Waals surface area contributed by atoms with Gasteiger partial charge in [0.25, 0.3) is 0 Å². The number of rotatable bonds is 4. The van der Waals surface area contributed by atoms with Crippen molar-refractivity contribution in [1.82, 2.24) is 14.9 Å². The van der Waals surface area contributed by atoms with E-state index in [9.17, 15) is 8.78 Å². The number of benzene rings is 1. The van der Waals surface area contributed by atoms with Crippen molar-refractivity contribution in [1.29, 1.82) is 0 Å². The van der Waals surface area contributed by atoms with E-state index in [0.29, 0.717) is 5.56 Å². The highest BCUT2D eigenvalue weighted by molar-refractivity contribution is 5.84. The first-order valence-electron chi connectivity index (χ1n) is 7.80. The van der Waals surface area contributed by atoms with Crippen molar-refractivity contribution >= 4 is 11.7 Å². The fraction of sp³-hybridized carbons (Fsp3) is 0.353. The van der Waals surface area contributed by atoms with Crippen molar-refractivity contribution in [2.45, 2.75) is 25.9 Å². The number of nitrogens with zero attached hydrogens (tertiary/aromatic N) is 4. The Balaban J connectivity index is 1.75. The van der Waals surface area contributed by atoms with Gasteiger partial charge in [-0.15, -0.1) is 0 Å². The molecule has 1 aromatic carbocycles. The number of amidine groups is 1. The fourth-order valence-corrected chi connectivity index (χ4v) is 2.48. The Morgan fingerprint density at radius 1 is 1.29 bits per heavy atom. The highest BCUT2D eigenvalue weighted by Crippen LogP contribution is 2.20. The molecule has 0 bridgehead atoms. The zero-order chi connectivity index (χ0) is 16.9. The van der Waals surface area contributed by atoms with Crippen LogP contribution in [0.5, 0.6) is 6.01 Å². The standard InChI is InChI=1S/C17H18F2N4O/c1-23-8-3-2-7-15(23)21-16-14(19)10-20-17(22-16)24-11-12-5-4-6-13(18)9-12/h4-6,9-10H,2-3,7-8,11H2,1H3. The molecule has 0 saturated carbocycles. The Bertz CT molecular complexity index is 751. The number of aromatic nitrogens is 2. The highest BCUT2D eigenvalue weighted by Gasteiger charge is 2.15. The Hall–Kier alpha value is -2.57. The molecular weight excluding hydrogens is 314 g/mol. The van der Waals surface area contributed by atoms with E-state index in [4.69, 9.17) is 4.74 Å². The van der Waals surface area contributed by atoms with Gasteiger partial charge in [0.05, 0.1) is 6.20 Å². The number of aliphatic imine (C=N–C) groups is 1. The summed E-state index contributed by atoms with van der Waals surface area (Å²) < 4.78 is 32.5. The van der Waals surface area contributed by atoms with Gasteiger partial charge in [0.2, 0.25) is 0 Å². The van der Waals surface area contributed by atoms with Gasteiger partial charge in [-0.1, -0.05) is 12.1 Å². The lowest BCUT2D eigenvalue weighted by molar-refractivity contribution is 0.279. The first-order valence-corrected chi connectivity index (χ1v) is 7.80. The maximum Gasteiger partial charge on any atom is 0.318 e. The molecule has 7 heteroatoms. The third kappa shape index (κ3) is 4.04. The van der Waals surface area contributed by atoms with Crippen molar-refractivity contribution in [3.05, 3.63) is 47.7 Å². The molecule has 0 atom stereocenters. The Morgan fingerprint density at radius 2 is 2.17 bits per heavy atom. The lowest BCUT2D eigenvalue weighted by Crippen LogP contribution is -2.31.